The zero-order valence-electron chi connectivity index (χ0n) is 8.41. The molecule has 0 heterocycles. The SMILES string of the molecule is [CH2]c1cccc(Oc2ccc(F)c(F)c2)c1. The van der Waals surface area contributed by atoms with Crippen LogP contribution in [0.3, 0.4) is 0 Å². The molecule has 0 saturated carbocycles. The van der Waals surface area contributed by atoms with E-state index in [0.29, 0.717) is 5.75 Å². The lowest BCUT2D eigenvalue weighted by Crippen LogP contribution is -1.88. The van der Waals surface area contributed by atoms with Crippen molar-refractivity contribution in [1.82, 2.24) is 0 Å². The predicted molar refractivity (Wildman–Crippen MR) is 57.3 cm³/mol. The normalized spacial score (nSPS) is 10.2. The van der Waals surface area contributed by atoms with Gasteiger partial charge in [-0.2, -0.15) is 0 Å². The highest BCUT2D eigenvalue weighted by atomic mass is 19.2. The van der Waals surface area contributed by atoms with Gasteiger partial charge in [-0.25, -0.2) is 8.78 Å². The maximum Gasteiger partial charge on any atom is 0.162 e. The van der Waals surface area contributed by atoms with E-state index in [0.717, 1.165) is 17.7 Å². The highest BCUT2D eigenvalue weighted by Gasteiger charge is 2.04. The largest absolute Gasteiger partial charge is 0.457 e. The minimum atomic E-state index is -0.928. The molecule has 2 rings (SSSR count). The third-order valence-corrected chi connectivity index (χ3v) is 2.03. The third-order valence-electron chi connectivity index (χ3n) is 2.03. The van der Waals surface area contributed by atoms with Crippen molar-refractivity contribution in [2.45, 2.75) is 0 Å². The summed E-state index contributed by atoms with van der Waals surface area (Å²) in [6.07, 6.45) is 0. The Labute approximate surface area is 92.3 Å². The standard InChI is InChI=1S/C13H9F2O/c1-9-3-2-4-10(7-9)16-11-5-6-12(14)13(15)8-11/h2-8H,1H2. The van der Waals surface area contributed by atoms with Crippen molar-refractivity contribution in [1.29, 1.82) is 0 Å². The molecule has 3 heteroatoms. The number of benzene rings is 2. The van der Waals surface area contributed by atoms with Gasteiger partial charge in [0.2, 0.25) is 0 Å². The summed E-state index contributed by atoms with van der Waals surface area (Å²) in [6.45, 7) is 3.74. The topological polar surface area (TPSA) is 9.23 Å². The first-order valence-corrected chi connectivity index (χ1v) is 4.70. The van der Waals surface area contributed by atoms with E-state index in [1.54, 1.807) is 18.2 Å². The van der Waals surface area contributed by atoms with E-state index in [1.165, 1.54) is 6.07 Å². The Morgan fingerprint density at radius 3 is 2.31 bits per heavy atom. The van der Waals surface area contributed by atoms with Crippen LogP contribution in [0.25, 0.3) is 0 Å². The van der Waals surface area contributed by atoms with Crippen molar-refractivity contribution in [3.63, 3.8) is 0 Å². The van der Waals surface area contributed by atoms with Crippen LogP contribution in [0.1, 0.15) is 5.56 Å². The van der Waals surface area contributed by atoms with Crippen molar-refractivity contribution >= 4 is 0 Å². The second-order valence-electron chi connectivity index (χ2n) is 3.33. The Bertz CT molecular complexity index is 509. The molecule has 0 N–H and O–H groups in total. The molecule has 2 aromatic carbocycles. The molecule has 2 aromatic rings. The van der Waals surface area contributed by atoms with Gasteiger partial charge in [-0.05, 0) is 36.8 Å². The van der Waals surface area contributed by atoms with Crippen LogP contribution in [0.15, 0.2) is 42.5 Å². The second-order valence-corrected chi connectivity index (χ2v) is 3.33. The fourth-order valence-electron chi connectivity index (χ4n) is 1.29. The van der Waals surface area contributed by atoms with E-state index in [9.17, 15) is 8.78 Å². The Morgan fingerprint density at radius 1 is 0.875 bits per heavy atom. The first kappa shape index (κ1) is 10.6. The Morgan fingerprint density at radius 2 is 1.62 bits per heavy atom. The molecule has 0 fully saturated rings. The van der Waals surface area contributed by atoms with Crippen LogP contribution in [-0.4, -0.2) is 0 Å². The second kappa shape index (κ2) is 4.31. The average Bonchev–Trinajstić information content (AvgIpc) is 2.24. The first-order chi connectivity index (χ1) is 7.65. The molecule has 16 heavy (non-hydrogen) atoms. The maximum absolute atomic E-state index is 12.9. The molecule has 1 radical (unpaired) electrons. The Kier molecular flexibility index (Phi) is 2.86. The van der Waals surface area contributed by atoms with Gasteiger partial charge in [-0.15, -0.1) is 0 Å². The number of hydrogen-bond acceptors (Lipinski definition) is 1. The van der Waals surface area contributed by atoms with E-state index in [1.807, 2.05) is 6.07 Å². The van der Waals surface area contributed by atoms with E-state index in [4.69, 9.17) is 4.74 Å². The molecular formula is C13H9F2O. The monoisotopic (exact) mass is 219 g/mol. The zero-order valence-corrected chi connectivity index (χ0v) is 8.41. The molecule has 0 amide bonds. The summed E-state index contributed by atoms with van der Waals surface area (Å²) < 4.78 is 30.9. The molecule has 0 aliphatic heterocycles. The van der Waals surface area contributed by atoms with Crippen molar-refractivity contribution in [2.24, 2.45) is 0 Å². The summed E-state index contributed by atoms with van der Waals surface area (Å²) in [5.74, 6) is -1.02. The van der Waals surface area contributed by atoms with Crippen LogP contribution in [0.2, 0.25) is 0 Å². The van der Waals surface area contributed by atoms with Crippen LogP contribution in [0.4, 0.5) is 8.78 Å². The molecule has 0 aliphatic carbocycles. The minimum Gasteiger partial charge on any atom is -0.457 e. The molecule has 1 nitrogen and oxygen atoms in total. The van der Waals surface area contributed by atoms with Gasteiger partial charge in [0.05, 0.1) is 0 Å². The summed E-state index contributed by atoms with van der Waals surface area (Å²) in [5, 5.41) is 0. The Hall–Kier alpha value is -1.90. The van der Waals surface area contributed by atoms with Crippen molar-refractivity contribution in [3.8, 4) is 11.5 Å². The zero-order chi connectivity index (χ0) is 11.5. The summed E-state index contributed by atoms with van der Waals surface area (Å²) in [4.78, 5) is 0. The van der Waals surface area contributed by atoms with Crippen LogP contribution >= 0.6 is 0 Å². The van der Waals surface area contributed by atoms with Crippen LogP contribution in [0.5, 0.6) is 11.5 Å². The third kappa shape index (κ3) is 2.37. The van der Waals surface area contributed by atoms with Crippen LogP contribution < -0.4 is 4.74 Å². The van der Waals surface area contributed by atoms with Gasteiger partial charge in [-0.3, -0.25) is 0 Å². The lowest BCUT2D eigenvalue weighted by atomic mass is 10.2. The molecule has 0 atom stereocenters. The van der Waals surface area contributed by atoms with Crippen LogP contribution in [-0.2, 0) is 0 Å². The lowest BCUT2D eigenvalue weighted by molar-refractivity contribution is 0.461. The molecule has 0 bridgehead atoms. The van der Waals surface area contributed by atoms with Crippen molar-refractivity contribution in [3.05, 3.63) is 66.6 Å². The van der Waals surface area contributed by atoms with E-state index >= 15 is 0 Å². The minimum absolute atomic E-state index is 0.254. The van der Waals surface area contributed by atoms with Gasteiger partial charge in [0.25, 0.3) is 0 Å². The van der Waals surface area contributed by atoms with Gasteiger partial charge in [0.1, 0.15) is 11.5 Å². The highest BCUT2D eigenvalue weighted by molar-refractivity contribution is 5.35. The molecule has 0 saturated heterocycles. The van der Waals surface area contributed by atoms with Gasteiger partial charge >= 0.3 is 0 Å². The van der Waals surface area contributed by atoms with E-state index < -0.39 is 11.6 Å². The maximum atomic E-state index is 12.9. The summed E-state index contributed by atoms with van der Waals surface area (Å²) in [6, 6.07) is 10.4. The number of halogens is 2. The number of ether oxygens (including phenoxy) is 1. The number of hydrogen-bond donors (Lipinski definition) is 0. The molecule has 0 aliphatic rings. The van der Waals surface area contributed by atoms with Gasteiger partial charge in [-0.1, -0.05) is 12.1 Å². The molecule has 0 unspecified atom stereocenters. The molecule has 0 spiro atoms. The summed E-state index contributed by atoms with van der Waals surface area (Å²) >= 11 is 0. The average molecular weight is 219 g/mol. The first-order valence-electron chi connectivity index (χ1n) is 4.70. The quantitative estimate of drug-likeness (QED) is 0.743. The summed E-state index contributed by atoms with van der Waals surface area (Å²) in [5.41, 5.74) is 0.792. The predicted octanol–water partition coefficient (Wildman–Crippen LogP) is 3.94. The molecule has 0 aromatic heterocycles. The van der Waals surface area contributed by atoms with E-state index in [-0.39, 0.29) is 5.75 Å². The summed E-state index contributed by atoms with van der Waals surface area (Å²) in [7, 11) is 0. The van der Waals surface area contributed by atoms with E-state index in [2.05, 4.69) is 6.92 Å². The van der Waals surface area contributed by atoms with Crippen molar-refractivity contribution in [2.75, 3.05) is 0 Å². The smallest absolute Gasteiger partial charge is 0.162 e. The van der Waals surface area contributed by atoms with Gasteiger partial charge in [0, 0.05) is 6.07 Å². The number of rotatable bonds is 2. The van der Waals surface area contributed by atoms with Crippen molar-refractivity contribution < 1.29 is 13.5 Å². The molecular weight excluding hydrogens is 210 g/mol. The fraction of sp³-hybridized carbons (Fsp3) is 0. The highest BCUT2D eigenvalue weighted by Crippen LogP contribution is 2.23. The Balaban J connectivity index is 2.24. The molecule has 81 valence electrons. The van der Waals surface area contributed by atoms with Gasteiger partial charge in [0.15, 0.2) is 11.6 Å². The lowest BCUT2D eigenvalue weighted by Gasteiger charge is -2.06. The fourth-order valence-corrected chi connectivity index (χ4v) is 1.29. The van der Waals surface area contributed by atoms with Crippen LogP contribution in [0, 0.1) is 18.6 Å². The van der Waals surface area contributed by atoms with Gasteiger partial charge < -0.3 is 4.74 Å².